The van der Waals surface area contributed by atoms with Crippen molar-refractivity contribution < 1.29 is 14.3 Å². The average molecular weight is 343 g/mol. The van der Waals surface area contributed by atoms with Gasteiger partial charge in [0.15, 0.2) is 0 Å². The lowest BCUT2D eigenvalue weighted by molar-refractivity contribution is -0.151. The summed E-state index contributed by atoms with van der Waals surface area (Å²) in [5.41, 5.74) is 4.14. The number of carbonyl (C=O) groups is 1. The molecule has 0 amide bonds. The molecule has 0 N–H and O–H groups in total. The van der Waals surface area contributed by atoms with Crippen molar-refractivity contribution in [2.75, 3.05) is 33.4 Å². The van der Waals surface area contributed by atoms with Gasteiger partial charge in [0.1, 0.15) is 5.75 Å². The summed E-state index contributed by atoms with van der Waals surface area (Å²) in [5.74, 6) is 1.48. The van der Waals surface area contributed by atoms with Gasteiger partial charge in [-0.2, -0.15) is 0 Å². The summed E-state index contributed by atoms with van der Waals surface area (Å²) >= 11 is 0. The standard InChI is InChI=1S/C21H29NO3/c1-4-5-8-25-20-7-6-16-10-18(15(2)9-17(16)11-20)12-22-13-19(14-22)21(23)24-3/h6-7,10-11,15,19H,4-5,8-9,12-14H2,1-3H3/t15-/m1/s1. The van der Waals surface area contributed by atoms with Crippen molar-refractivity contribution in [3.63, 3.8) is 0 Å². The molecule has 1 aliphatic carbocycles. The lowest BCUT2D eigenvalue weighted by Crippen LogP contribution is -2.51. The molecule has 136 valence electrons. The number of unbranched alkanes of at least 4 members (excludes halogenated alkanes) is 1. The topological polar surface area (TPSA) is 38.8 Å². The summed E-state index contributed by atoms with van der Waals surface area (Å²) in [6.45, 7) is 7.83. The minimum atomic E-state index is -0.0807. The maximum absolute atomic E-state index is 11.5. The number of methoxy groups -OCH3 is 1. The largest absolute Gasteiger partial charge is 0.494 e. The van der Waals surface area contributed by atoms with Crippen LogP contribution < -0.4 is 4.74 Å². The van der Waals surface area contributed by atoms with Crippen molar-refractivity contribution in [2.24, 2.45) is 11.8 Å². The smallest absolute Gasteiger partial charge is 0.311 e. The van der Waals surface area contributed by atoms with Crippen LogP contribution in [0.4, 0.5) is 0 Å². The summed E-state index contributed by atoms with van der Waals surface area (Å²) < 4.78 is 10.7. The summed E-state index contributed by atoms with van der Waals surface area (Å²) in [6.07, 6.45) is 5.63. The number of hydrogen-bond donors (Lipinski definition) is 0. The molecule has 25 heavy (non-hydrogen) atoms. The Balaban J connectivity index is 1.61. The van der Waals surface area contributed by atoms with E-state index in [0.717, 1.165) is 51.3 Å². The number of nitrogens with zero attached hydrogens (tertiary/aromatic N) is 1. The minimum absolute atomic E-state index is 0.0552. The van der Waals surface area contributed by atoms with E-state index in [4.69, 9.17) is 9.47 Å². The molecule has 0 aromatic heterocycles. The molecular weight excluding hydrogens is 314 g/mol. The van der Waals surface area contributed by atoms with Crippen LogP contribution in [0.5, 0.6) is 5.75 Å². The fourth-order valence-electron chi connectivity index (χ4n) is 3.60. The third kappa shape index (κ3) is 4.24. The van der Waals surface area contributed by atoms with Gasteiger partial charge in [0.2, 0.25) is 0 Å². The molecule has 4 heteroatoms. The zero-order valence-electron chi connectivity index (χ0n) is 15.6. The van der Waals surface area contributed by atoms with Crippen LogP contribution >= 0.6 is 0 Å². The first-order valence-electron chi connectivity index (χ1n) is 9.37. The molecule has 2 aliphatic rings. The van der Waals surface area contributed by atoms with E-state index in [1.54, 1.807) is 0 Å². The number of ether oxygens (including phenoxy) is 2. The van der Waals surface area contributed by atoms with Gasteiger partial charge in [-0.05, 0) is 42.0 Å². The molecule has 1 aromatic rings. The van der Waals surface area contributed by atoms with Crippen molar-refractivity contribution in [1.29, 1.82) is 0 Å². The molecule has 1 aliphatic heterocycles. The normalized spacial score (nSPS) is 20.4. The molecule has 0 unspecified atom stereocenters. The molecule has 4 nitrogen and oxygen atoms in total. The Bertz CT molecular complexity index is 647. The van der Waals surface area contributed by atoms with Crippen LogP contribution in [-0.4, -0.2) is 44.2 Å². The quantitative estimate of drug-likeness (QED) is 0.561. The van der Waals surface area contributed by atoms with Gasteiger partial charge in [0, 0.05) is 19.6 Å². The molecule has 0 radical (unpaired) electrons. The van der Waals surface area contributed by atoms with Crippen LogP contribution in [0.25, 0.3) is 6.08 Å². The lowest BCUT2D eigenvalue weighted by Gasteiger charge is -2.39. The predicted octanol–water partition coefficient (Wildman–Crippen LogP) is 3.55. The minimum Gasteiger partial charge on any atom is -0.494 e. The molecule has 3 rings (SSSR count). The summed E-state index contributed by atoms with van der Waals surface area (Å²) in [6, 6.07) is 6.46. The van der Waals surface area contributed by atoms with Gasteiger partial charge in [-0.1, -0.05) is 38.0 Å². The number of benzene rings is 1. The molecule has 0 spiro atoms. The Morgan fingerprint density at radius 1 is 1.32 bits per heavy atom. The van der Waals surface area contributed by atoms with Crippen LogP contribution in [0.2, 0.25) is 0 Å². The second-order valence-electron chi connectivity index (χ2n) is 7.30. The fourth-order valence-corrected chi connectivity index (χ4v) is 3.60. The molecule has 1 saturated heterocycles. The maximum atomic E-state index is 11.5. The van der Waals surface area contributed by atoms with Crippen molar-refractivity contribution in [3.8, 4) is 5.75 Å². The van der Waals surface area contributed by atoms with E-state index in [9.17, 15) is 4.79 Å². The average Bonchev–Trinajstić information content (AvgIpc) is 2.57. The van der Waals surface area contributed by atoms with E-state index < -0.39 is 0 Å². The van der Waals surface area contributed by atoms with E-state index in [-0.39, 0.29) is 11.9 Å². The Kier molecular flexibility index (Phi) is 5.79. The molecule has 0 bridgehead atoms. The maximum Gasteiger partial charge on any atom is 0.311 e. The van der Waals surface area contributed by atoms with Gasteiger partial charge >= 0.3 is 5.97 Å². The SMILES string of the molecule is CCCCOc1ccc2c(c1)C[C@@H](C)C(CN1CC(C(=O)OC)C1)=C2. The second kappa shape index (κ2) is 8.05. The van der Waals surface area contributed by atoms with Crippen molar-refractivity contribution in [2.45, 2.75) is 33.1 Å². The first-order chi connectivity index (χ1) is 12.1. The van der Waals surface area contributed by atoms with Gasteiger partial charge in [0.05, 0.1) is 19.6 Å². The van der Waals surface area contributed by atoms with Crippen LogP contribution in [-0.2, 0) is 16.0 Å². The van der Waals surface area contributed by atoms with Gasteiger partial charge < -0.3 is 9.47 Å². The lowest BCUT2D eigenvalue weighted by atomic mass is 9.83. The van der Waals surface area contributed by atoms with Crippen LogP contribution in [0.3, 0.4) is 0 Å². The van der Waals surface area contributed by atoms with Crippen LogP contribution in [0, 0.1) is 11.8 Å². The van der Waals surface area contributed by atoms with E-state index in [1.807, 2.05) is 0 Å². The molecule has 1 atom stereocenters. The zero-order valence-corrected chi connectivity index (χ0v) is 15.6. The molecule has 0 saturated carbocycles. The number of likely N-dealkylation sites (tertiary alicyclic amines) is 1. The van der Waals surface area contributed by atoms with Crippen molar-refractivity contribution >= 4 is 12.0 Å². The highest BCUT2D eigenvalue weighted by Crippen LogP contribution is 2.32. The van der Waals surface area contributed by atoms with E-state index in [1.165, 1.54) is 23.8 Å². The second-order valence-corrected chi connectivity index (χ2v) is 7.30. The molecular formula is C21H29NO3. The Labute approximate surface area is 150 Å². The first kappa shape index (κ1) is 18.0. The Hall–Kier alpha value is -1.81. The number of esters is 1. The van der Waals surface area contributed by atoms with Crippen molar-refractivity contribution in [3.05, 3.63) is 34.9 Å². The third-order valence-electron chi connectivity index (χ3n) is 5.28. The molecule has 1 heterocycles. The number of rotatable bonds is 7. The van der Waals surface area contributed by atoms with E-state index >= 15 is 0 Å². The zero-order chi connectivity index (χ0) is 17.8. The highest BCUT2D eigenvalue weighted by molar-refractivity contribution is 5.74. The van der Waals surface area contributed by atoms with Gasteiger partial charge in [-0.3, -0.25) is 9.69 Å². The summed E-state index contributed by atoms with van der Waals surface area (Å²) in [4.78, 5) is 13.8. The Morgan fingerprint density at radius 3 is 2.84 bits per heavy atom. The van der Waals surface area contributed by atoms with Crippen LogP contribution in [0.1, 0.15) is 37.8 Å². The van der Waals surface area contributed by atoms with Crippen LogP contribution in [0.15, 0.2) is 23.8 Å². The number of fused-ring (bicyclic) bond motifs is 1. The predicted molar refractivity (Wildman–Crippen MR) is 99.6 cm³/mol. The monoisotopic (exact) mass is 343 g/mol. The van der Waals surface area contributed by atoms with E-state index in [2.05, 4.69) is 43.0 Å². The first-order valence-corrected chi connectivity index (χ1v) is 9.37. The number of hydrogen-bond acceptors (Lipinski definition) is 4. The third-order valence-corrected chi connectivity index (χ3v) is 5.28. The highest BCUT2D eigenvalue weighted by atomic mass is 16.5. The van der Waals surface area contributed by atoms with Gasteiger partial charge in [-0.25, -0.2) is 0 Å². The highest BCUT2D eigenvalue weighted by Gasteiger charge is 2.34. The molecule has 1 fully saturated rings. The Morgan fingerprint density at radius 2 is 2.12 bits per heavy atom. The van der Waals surface area contributed by atoms with Crippen molar-refractivity contribution in [1.82, 2.24) is 4.90 Å². The van der Waals surface area contributed by atoms with Gasteiger partial charge in [0.25, 0.3) is 0 Å². The van der Waals surface area contributed by atoms with Gasteiger partial charge in [-0.15, -0.1) is 0 Å². The van der Waals surface area contributed by atoms with E-state index in [0.29, 0.717) is 5.92 Å². The number of carbonyl (C=O) groups excluding carboxylic acids is 1. The summed E-state index contributed by atoms with van der Waals surface area (Å²) in [7, 11) is 1.47. The molecule has 1 aromatic carbocycles. The summed E-state index contributed by atoms with van der Waals surface area (Å²) in [5, 5.41) is 0. The fraction of sp³-hybridized carbons (Fsp3) is 0.571.